The van der Waals surface area contributed by atoms with Crippen LogP contribution in [0.15, 0.2) is 71.6 Å². The van der Waals surface area contributed by atoms with E-state index in [-0.39, 0.29) is 0 Å². The molecule has 5 nitrogen and oxygen atoms in total. The molecule has 0 radical (unpaired) electrons. The van der Waals surface area contributed by atoms with Crippen LogP contribution < -0.4 is 4.90 Å². The van der Waals surface area contributed by atoms with E-state index >= 15 is 0 Å². The third-order valence-corrected chi connectivity index (χ3v) is 5.61. The zero-order valence-corrected chi connectivity index (χ0v) is 16.1. The number of fused-ring (bicyclic) bond motifs is 1. The zero-order chi connectivity index (χ0) is 18.9. The molecule has 0 amide bonds. The predicted molar refractivity (Wildman–Crippen MR) is 113 cm³/mol. The summed E-state index contributed by atoms with van der Waals surface area (Å²) in [6, 6.07) is 18.9. The predicted octanol–water partition coefficient (Wildman–Crippen LogP) is 4.10. The fraction of sp³-hybridized carbons (Fsp3) is 0.261. The molecule has 2 aromatic heterocycles. The molecule has 1 aliphatic heterocycles. The van der Waals surface area contributed by atoms with Gasteiger partial charge in [0.05, 0.1) is 23.6 Å². The molecule has 3 heterocycles. The largest absolute Gasteiger partial charge is 0.464 e. The van der Waals surface area contributed by atoms with Crippen molar-refractivity contribution in [3.05, 3.63) is 72.8 Å². The molecule has 1 aliphatic rings. The molecule has 5 heteroatoms. The fourth-order valence-corrected chi connectivity index (χ4v) is 4.05. The molecular weight excluding hydrogens is 348 g/mol. The van der Waals surface area contributed by atoms with E-state index in [1.807, 2.05) is 18.5 Å². The fourth-order valence-electron chi connectivity index (χ4n) is 4.05. The van der Waals surface area contributed by atoms with Crippen LogP contribution in [0.4, 0.5) is 5.69 Å². The van der Waals surface area contributed by atoms with Crippen LogP contribution in [0, 0.1) is 0 Å². The van der Waals surface area contributed by atoms with Crippen molar-refractivity contribution in [2.45, 2.75) is 6.54 Å². The Balaban J connectivity index is 1.58. The topological polar surface area (TPSA) is 37.4 Å². The molecule has 1 saturated heterocycles. The van der Waals surface area contributed by atoms with Crippen LogP contribution in [-0.4, -0.2) is 47.7 Å². The lowest BCUT2D eigenvalue weighted by atomic mass is 10.0. The van der Waals surface area contributed by atoms with Crippen LogP contribution in [0.3, 0.4) is 0 Å². The third-order valence-electron chi connectivity index (χ3n) is 5.61. The van der Waals surface area contributed by atoms with Gasteiger partial charge in [-0.2, -0.15) is 0 Å². The van der Waals surface area contributed by atoms with Crippen LogP contribution in [-0.2, 0) is 6.54 Å². The van der Waals surface area contributed by atoms with Crippen LogP contribution in [0.2, 0.25) is 0 Å². The first kappa shape index (κ1) is 17.1. The minimum absolute atomic E-state index is 0.762. The monoisotopic (exact) mass is 372 g/mol. The molecule has 0 bridgehead atoms. The summed E-state index contributed by atoms with van der Waals surface area (Å²) in [4.78, 5) is 9.41. The second-order valence-electron chi connectivity index (χ2n) is 7.44. The van der Waals surface area contributed by atoms with E-state index in [0.29, 0.717) is 0 Å². The number of hydrogen-bond acceptors (Lipinski definition) is 4. The number of imidazole rings is 1. The van der Waals surface area contributed by atoms with Gasteiger partial charge < -0.3 is 18.8 Å². The molecule has 5 rings (SSSR count). The van der Waals surface area contributed by atoms with Gasteiger partial charge in [-0.1, -0.05) is 24.3 Å². The average molecular weight is 372 g/mol. The van der Waals surface area contributed by atoms with E-state index in [1.165, 1.54) is 16.8 Å². The number of aromatic nitrogens is 2. The van der Waals surface area contributed by atoms with Gasteiger partial charge in [-0.15, -0.1) is 0 Å². The summed E-state index contributed by atoms with van der Waals surface area (Å²) in [5, 5.41) is 0. The summed E-state index contributed by atoms with van der Waals surface area (Å²) < 4.78 is 8.07. The highest BCUT2D eigenvalue weighted by Gasteiger charge is 2.21. The highest BCUT2D eigenvalue weighted by molar-refractivity contribution is 5.80. The van der Waals surface area contributed by atoms with Crippen molar-refractivity contribution >= 4 is 16.7 Å². The van der Waals surface area contributed by atoms with Crippen LogP contribution in [0.1, 0.15) is 5.56 Å². The minimum Gasteiger partial charge on any atom is -0.464 e. The summed E-state index contributed by atoms with van der Waals surface area (Å²) in [5.74, 6) is 0.925. The van der Waals surface area contributed by atoms with E-state index in [0.717, 1.165) is 49.5 Å². The Morgan fingerprint density at radius 3 is 2.61 bits per heavy atom. The van der Waals surface area contributed by atoms with Crippen molar-refractivity contribution < 1.29 is 4.42 Å². The van der Waals surface area contributed by atoms with Gasteiger partial charge in [-0.25, -0.2) is 4.98 Å². The number of para-hydroxylation sites is 2. The first-order valence-electron chi connectivity index (χ1n) is 9.79. The van der Waals surface area contributed by atoms with Gasteiger partial charge in [0.1, 0.15) is 5.76 Å². The van der Waals surface area contributed by atoms with E-state index in [9.17, 15) is 0 Å². The average Bonchev–Trinajstić information content (AvgIpc) is 3.39. The Morgan fingerprint density at radius 1 is 0.929 bits per heavy atom. The molecule has 142 valence electrons. The summed E-state index contributed by atoms with van der Waals surface area (Å²) in [5.41, 5.74) is 5.87. The number of likely N-dealkylation sites (N-methyl/N-ethyl adjacent to an activating group) is 1. The van der Waals surface area contributed by atoms with Gasteiger partial charge in [0.2, 0.25) is 0 Å². The van der Waals surface area contributed by atoms with Crippen molar-refractivity contribution in [1.29, 1.82) is 0 Å². The van der Waals surface area contributed by atoms with Gasteiger partial charge in [0.15, 0.2) is 0 Å². The number of anilines is 1. The zero-order valence-electron chi connectivity index (χ0n) is 16.1. The quantitative estimate of drug-likeness (QED) is 0.541. The highest BCUT2D eigenvalue weighted by atomic mass is 16.3. The summed E-state index contributed by atoms with van der Waals surface area (Å²) in [6.45, 7) is 4.98. The van der Waals surface area contributed by atoms with Gasteiger partial charge >= 0.3 is 0 Å². The second-order valence-corrected chi connectivity index (χ2v) is 7.44. The van der Waals surface area contributed by atoms with Crippen molar-refractivity contribution in [1.82, 2.24) is 14.5 Å². The Bertz CT molecular complexity index is 1080. The molecule has 2 aromatic carbocycles. The molecule has 28 heavy (non-hydrogen) atoms. The number of piperazine rings is 1. The Kier molecular flexibility index (Phi) is 4.37. The summed E-state index contributed by atoms with van der Waals surface area (Å²) in [7, 11) is 2.19. The smallest absolute Gasteiger partial charge is 0.136 e. The molecule has 1 fully saturated rings. The molecule has 4 aromatic rings. The lowest BCUT2D eigenvalue weighted by Crippen LogP contribution is -2.44. The number of nitrogens with zero attached hydrogens (tertiary/aromatic N) is 4. The molecule has 0 N–H and O–H groups in total. The molecular formula is C23H24N4O. The molecule has 0 saturated carbocycles. The maximum atomic E-state index is 5.86. The molecule has 0 aliphatic carbocycles. The maximum absolute atomic E-state index is 5.86. The van der Waals surface area contributed by atoms with Crippen molar-refractivity contribution in [2.24, 2.45) is 0 Å². The Labute approximate surface area is 164 Å². The number of rotatable bonds is 4. The van der Waals surface area contributed by atoms with E-state index < -0.39 is 0 Å². The van der Waals surface area contributed by atoms with Crippen LogP contribution >= 0.6 is 0 Å². The first-order valence-corrected chi connectivity index (χ1v) is 9.79. The summed E-state index contributed by atoms with van der Waals surface area (Å²) >= 11 is 0. The van der Waals surface area contributed by atoms with Crippen molar-refractivity contribution in [3.8, 4) is 11.3 Å². The highest BCUT2D eigenvalue weighted by Crippen LogP contribution is 2.36. The maximum Gasteiger partial charge on any atom is 0.136 e. The second kappa shape index (κ2) is 7.17. The van der Waals surface area contributed by atoms with Crippen molar-refractivity contribution in [2.75, 3.05) is 38.1 Å². The van der Waals surface area contributed by atoms with E-state index in [4.69, 9.17) is 4.42 Å². The lowest BCUT2D eigenvalue weighted by Gasteiger charge is -2.35. The van der Waals surface area contributed by atoms with E-state index in [2.05, 4.69) is 68.9 Å². The SMILES string of the molecule is CN1CCN(c2cccc(Cn3cnc4ccccc43)c2-c2ccco2)CC1. The Morgan fingerprint density at radius 2 is 1.79 bits per heavy atom. The van der Waals surface area contributed by atoms with E-state index in [1.54, 1.807) is 6.26 Å². The van der Waals surface area contributed by atoms with Gasteiger partial charge in [-0.05, 0) is 42.9 Å². The standard InChI is InChI=1S/C23H24N4O/c1-25-11-13-26(14-12-25)21-9-4-6-18(23(21)22-10-5-15-28-22)16-27-17-24-19-7-2-3-8-20(19)27/h2-10,15,17H,11-14,16H2,1H3. The van der Waals surface area contributed by atoms with Gasteiger partial charge in [-0.3, -0.25) is 0 Å². The minimum atomic E-state index is 0.762. The molecule has 0 atom stereocenters. The number of benzene rings is 2. The third kappa shape index (κ3) is 3.08. The molecule has 0 spiro atoms. The normalized spacial score (nSPS) is 15.4. The van der Waals surface area contributed by atoms with Crippen LogP contribution in [0.5, 0.6) is 0 Å². The lowest BCUT2D eigenvalue weighted by molar-refractivity contribution is 0.313. The van der Waals surface area contributed by atoms with Crippen LogP contribution in [0.25, 0.3) is 22.4 Å². The number of furan rings is 1. The Hall–Kier alpha value is -3.05. The molecule has 0 unspecified atom stereocenters. The van der Waals surface area contributed by atoms with Gasteiger partial charge in [0.25, 0.3) is 0 Å². The van der Waals surface area contributed by atoms with Crippen molar-refractivity contribution in [3.63, 3.8) is 0 Å². The summed E-state index contributed by atoms with van der Waals surface area (Å²) in [6.07, 6.45) is 3.69. The van der Waals surface area contributed by atoms with Gasteiger partial charge in [0, 0.05) is 44.0 Å². The number of hydrogen-bond donors (Lipinski definition) is 0. The first-order chi connectivity index (χ1) is 13.8.